The summed E-state index contributed by atoms with van der Waals surface area (Å²) >= 11 is 0. The van der Waals surface area contributed by atoms with Gasteiger partial charge in [0.25, 0.3) is 0 Å². The summed E-state index contributed by atoms with van der Waals surface area (Å²) in [6, 6.07) is 11.8. The van der Waals surface area contributed by atoms with Crippen molar-refractivity contribution in [3.05, 3.63) is 54.5 Å². The molecule has 2 aromatic heterocycles. The van der Waals surface area contributed by atoms with Gasteiger partial charge in [-0.05, 0) is 69.7 Å². The van der Waals surface area contributed by atoms with Gasteiger partial charge in [-0.2, -0.15) is 5.10 Å². The smallest absolute Gasteiger partial charge is 0.410 e. The molecule has 31 heavy (non-hydrogen) atoms. The van der Waals surface area contributed by atoms with Crippen LogP contribution in [0.4, 0.5) is 4.79 Å². The number of benzene rings is 1. The third-order valence-electron chi connectivity index (χ3n) is 5.31. The third-order valence-corrected chi connectivity index (χ3v) is 5.31. The predicted octanol–water partition coefficient (Wildman–Crippen LogP) is 4.76. The topological polar surface area (TPSA) is 69.5 Å². The summed E-state index contributed by atoms with van der Waals surface area (Å²) < 4.78 is 13.0. The molecule has 0 N–H and O–H groups in total. The largest absolute Gasteiger partial charge is 0.497 e. The molecule has 0 bridgehead atoms. The summed E-state index contributed by atoms with van der Waals surface area (Å²) in [5.74, 6) is 0.794. The lowest BCUT2D eigenvalue weighted by Gasteiger charge is -2.35. The monoisotopic (exact) mass is 420 g/mol. The van der Waals surface area contributed by atoms with Crippen LogP contribution in [-0.2, 0) is 17.8 Å². The first-order valence-corrected chi connectivity index (χ1v) is 10.4. The highest BCUT2D eigenvalue weighted by atomic mass is 16.6. The van der Waals surface area contributed by atoms with Gasteiger partial charge >= 0.3 is 6.09 Å². The van der Waals surface area contributed by atoms with E-state index in [1.807, 2.05) is 68.8 Å². The van der Waals surface area contributed by atoms with Crippen molar-refractivity contribution in [1.29, 1.82) is 0 Å². The third kappa shape index (κ3) is 4.26. The van der Waals surface area contributed by atoms with Crippen molar-refractivity contribution in [3.63, 3.8) is 0 Å². The lowest BCUT2D eigenvalue weighted by Crippen LogP contribution is -2.47. The summed E-state index contributed by atoms with van der Waals surface area (Å²) in [6.45, 7) is 8.70. The molecule has 0 saturated carbocycles. The van der Waals surface area contributed by atoms with Crippen LogP contribution < -0.4 is 4.74 Å². The van der Waals surface area contributed by atoms with E-state index in [1.165, 1.54) is 0 Å². The summed E-state index contributed by atoms with van der Waals surface area (Å²) in [7, 11) is 1.65. The van der Waals surface area contributed by atoms with Gasteiger partial charge in [0, 0.05) is 23.5 Å². The Bertz CT molecular complexity index is 1070. The minimum Gasteiger partial charge on any atom is -0.497 e. The number of hydrogen-bond donors (Lipinski definition) is 0. The lowest BCUT2D eigenvalue weighted by molar-refractivity contribution is 0.00914. The number of ether oxygens (including phenoxy) is 2. The Balaban J connectivity index is 1.80. The highest BCUT2D eigenvalue weighted by molar-refractivity contribution is 5.83. The molecule has 0 spiro atoms. The Hall–Kier alpha value is -3.35. The highest BCUT2D eigenvalue weighted by Gasteiger charge is 2.34. The van der Waals surface area contributed by atoms with Gasteiger partial charge in [0.2, 0.25) is 0 Å². The quantitative estimate of drug-likeness (QED) is 0.611. The maximum absolute atomic E-state index is 12.9. The van der Waals surface area contributed by atoms with Crippen molar-refractivity contribution < 1.29 is 14.3 Å². The second-order valence-electron chi connectivity index (χ2n) is 8.77. The fraction of sp³-hybridized carbons (Fsp3) is 0.375. The first kappa shape index (κ1) is 20.9. The number of amides is 1. The molecule has 0 aliphatic carbocycles. The van der Waals surface area contributed by atoms with Gasteiger partial charge in [-0.15, -0.1) is 0 Å². The van der Waals surface area contributed by atoms with Crippen LogP contribution in [-0.4, -0.2) is 44.5 Å². The Morgan fingerprint density at radius 2 is 1.74 bits per heavy atom. The molecule has 1 atom stereocenters. The standard InChI is InChI=1S/C24H28N4O3/c1-16-14-28-20(15-27(16)23(29)31-24(2,3)4)21(17-10-12-25-13-11-17)22(26-28)18-6-8-19(30-5)9-7-18/h6-13,16H,14-15H2,1-5H3. The van der Waals surface area contributed by atoms with E-state index < -0.39 is 5.60 Å². The molecule has 0 fully saturated rings. The Morgan fingerprint density at radius 3 is 2.35 bits per heavy atom. The summed E-state index contributed by atoms with van der Waals surface area (Å²) in [6.07, 6.45) is 3.24. The molecule has 1 aliphatic heterocycles. The number of carbonyl (C=O) groups excluding carboxylic acids is 1. The number of nitrogens with zero attached hydrogens (tertiary/aromatic N) is 4. The van der Waals surface area contributed by atoms with E-state index in [0.717, 1.165) is 33.8 Å². The molecule has 3 aromatic rings. The molecule has 1 aliphatic rings. The zero-order valence-corrected chi connectivity index (χ0v) is 18.6. The van der Waals surface area contributed by atoms with E-state index in [1.54, 1.807) is 24.4 Å². The average molecular weight is 421 g/mol. The number of fused-ring (bicyclic) bond motifs is 1. The number of hydrogen-bond acceptors (Lipinski definition) is 5. The van der Waals surface area contributed by atoms with E-state index in [0.29, 0.717) is 13.1 Å². The van der Waals surface area contributed by atoms with Crippen LogP contribution in [0.5, 0.6) is 5.75 Å². The zero-order valence-electron chi connectivity index (χ0n) is 18.6. The molecule has 4 rings (SSSR count). The molecule has 7 heteroatoms. The molecular formula is C24H28N4O3. The first-order valence-electron chi connectivity index (χ1n) is 10.4. The van der Waals surface area contributed by atoms with Crippen LogP contribution >= 0.6 is 0 Å². The van der Waals surface area contributed by atoms with E-state index in [4.69, 9.17) is 14.6 Å². The van der Waals surface area contributed by atoms with Crippen LogP contribution in [0.25, 0.3) is 22.4 Å². The number of aromatic nitrogens is 3. The molecule has 1 unspecified atom stereocenters. The number of carbonyl (C=O) groups is 1. The minimum absolute atomic E-state index is 0.0312. The van der Waals surface area contributed by atoms with Crippen LogP contribution in [0.15, 0.2) is 48.8 Å². The predicted molar refractivity (Wildman–Crippen MR) is 119 cm³/mol. The zero-order chi connectivity index (χ0) is 22.2. The summed E-state index contributed by atoms with van der Waals surface area (Å²) in [5, 5.41) is 4.95. The molecule has 3 heterocycles. The van der Waals surface area contributed by atoms with Gasteiger partial charge in [0.05, 0.1) is 31.9 Å². The van der Waals surface area contributed by atoms with E-state index in [-0.39, 0.29) is 12.1 Å². The van der Waals surface area contributed by atoms with Crippen molar-refractivity contribution in [1.82, 2.24) is 19.7 Å². The maximum Gasteiger partial charge on any atom is 0.410 e. The Morgan fingerprint density at radius 1 is 1.06 bits per heavy atom. The van der Waals surface area contributed by atoms with Gasteiger partial charge in [-0.3, -0.25) is 14.6 Å². The van der Waals surface area contributed by atoms with Gasteiger partial charge in [-0.25, -0.2) is 4.79 Å². The van der Waals surface area contributed by atoms with Crippen LogP contribution in [0, 0.1) is 0 Å². The fourth-order valence-electron chi connectivity index (χ4n) is 3.81. The average Bonchev–Trinajstić information content (AvgIpc) is 3.10. The van der Waals surface area contributed by atoms with Crippen molar-refractivity contribution in [2.24, 2.45) is 0 Å². The molecule has 1 aromatic carbocycles. The number of methoxy groups -OCH3 is 1. The second-order valence-corrected chi connectivity index (χ2v) is 8.77. The number of pyridine rings is 1. The first-order chi connectivity index (χ1) is 14.8. The van der Waals surface area contributed by atoms with Crippen LogP contribution in [0.2, 0.25) is 0 Å². The van der Waals surface area contributed by atoms with Crippen molar-refractivity contribution in [2.45, 2.75) is 52.4 Å². The molecule has 0 saturated heterocycles. The molecule has 7 nitrogen and oxygen atoms in total. The summed E-state index contributed by atoms with van der Waals surface area (Å²) in [5.41, 5.74) is 4.33. The van der Waals surface area contributed by atoms with E-state index in [2.05, 4.69) is 4.98 Å². The van der Waals surface area contributed by atoms with Crippen molar-refractivity contribution >= 4 is 6.09 Å². The Kier molecular flexibility index (Phi) is 5.43. The SMILES string of the molecule is COc1ccc(-c2nn3c(c2-c2ccncc2)CN(C(=O)OC(C)(C)C)C(C)C3)cc1. The van der Waals surface area contributed by atoms with Gasteiger partial charge in [-0.1, -0.05) is 0 Å². The highest BCUT2D eigenvalue weighted by Crippen LogP contribution is 2.37. The maximum atomic E-state index is 12.9. The molecule has 1 amide bonds. The van der Waals surface area contributed by atoms with Crippen molar-refractivity contribution in [3.8, 4) is 28.1 Å². The minimum atomic E-state index is -0.545. The van der Waals surface area contributed by atoms with E-state index in [9.17, 15) is 4.79 Å². The molecule has 0 radical (unpaired) electrons. The molecule has 162 valence electrons. The van der Waals surface area contributed by atoms with Gasteiger partial charge in [0.1, 0.15) is 17.0 Å². The van der Waals surface area contributed by atoms with Crippen LogP contribution in [0.1, 0.15) is 33.4 Å². The Labute approximate surface area is 182 Å². The van der Waals surface area contributed by atoms with Crippen molar-refractivity contribution in [2.75, 3.05) is 7.11 Å². The fourth-order valence-corrected chi connectivity index (χ4v) is 3.81. The normalized spacial score (nSPS) is 16.0. The molecular weight excluding hydrogens is 392 g/mol. The lowest BCUT2D eigenvalue weighted by atomic mass is 9.98. The second kappa shape index (κ2) is 8.06. The summed E-state index contributed by atoms with van der Waals surface area (Å²) in [4.78, 5) is 18.8. The van der Waals surface area contributed by atoms with Gasteiger partial charge in [0.15, 0.2) is 0 Å². The van der Waals surface area contributed by atoms with E-state index >= 15 is 0 Å². The number of rotatable bonds is 3. The van der Waals surface area contributed by atoms with Gasteiger partial charge < -0.3 is 9.47 Å². The van der Waals surface area contributed by atoms with Crippen LogP contribution in [0.3, 0.4) is 0 Å².